The average molecular weight is 1260 g/mol. The van der Waals surface area contributed by atoms with Crippen molar-refractivity contribution in [3.8, 4) is 0 Å². The summed E-state index contributed by atoms with van der Waals surface area (Å²) >= 11 is 6.12. The summed E-state index contributed by atoms with van der Waals surface area (Å²) in [6, 6.07) is 25.7. The Bertz CT molecular complexity index is 4320. The monoisotopic (exact) mass is 1260 g/mol. The number of H-pyrrole nitrogens is 1. The van der Waals surface area contributed by atoms with Crippen LogP contribution in [0.25, 0.3) is 55.5 Å². The van der Waals surface area contributed by atoms with Crippen molar-refractivity contribution in [1.29, 1.82) is 0 Å². The number of rotatable bonds is 5. The van der Waals surface area contributed by atoms with Gasteiger partial charge in [-0.25, -0.2) is 28.4 Å². The third-order valence-corrected chi connectivity index (χ3v) is 17.1. The summed E-state index contributed by atoms with van der Waals surface area (Å²) in [5.41, 5.74) is 11.4. The number of halogens is 2. The SMILES string of the molecule is C[C@@H]1CN(c2cccc3[nH]c(=O)oc23)C[C@H](C)N1.C[C@@H]1CN(c2cccc3c2oc(=O)n3C)C[C@H](C)N1.Cn1c(=O)oc2c(N3CCNCC3)cc(Cl)cc21.Cn1c(=O)oc2c(N3CCNCC3)cc(F)cc21.Cn1c(=O)oc2c(N3CCNCC3)cccc21. The van der Waals surface area contributed by atoms with Crippen molar-refractivity contribution in [2.75, 3.05) is 129 Å². The van der Waals surface area contributed by atoms with Gasteiger partial charge >= 0.3 is 28.8 Å². The molecule has 10 heterocycles. The van der Waals surface area contributed by atoms with E-state index in [4.69, 9.17) is 33.7 Å². The van der Waals surface area contributed by atoms with E-state index in [9.17, 15) is 28.4 Å². The van der Waals surface area contributed by atoms with Crippen LogP contribution in [0, 0.1) is 5.82 Å². The number of benzene rings is 5. The van der Waals surface area contributed by atoms with Crippen LogP contribution in [0.1, 0.15) is 27.7 Å². The van der Waals surface area contributed by atoms with E-state index in [1.165, 1.54) is 21.3 Å². The summed E-state index contributed by atoms with van der Waals surface area (Å²) < 4.78 is 46.1. The topological polar surface area (TPSA) is 263 Å². The molecule has 5 aromatic carbocycles. The first kappa shape index (κ1) is 63.1. The number of fused-ring (bicyclic) bond motifs is 5. The Morgan fingerprint density at radius 2 is 0.756 bits per heavy atom. The van der Waals surface area contributed by atoms with Crippen LogP contribution in [0.3, 0.4) is 0 Å². The van der Waals surface area contributed by atoms with Crippen molar-refractivity contribution in [1.82, 2.24) is 49.8 Å². The van der Waals surface area contributed by atoms with Crippen LogP contribution >= 0.6 is 11.6 Å². The first-order chi connectivity index (χ1) is 43.3. The van der Waals surface area contributed by atoms with Crippen LogP contribution in [0.5, 0.6) is 0 Å². The molecule has 10 aromatic rings. The van der Waals surface area contributed by atoms with Crippen LogP contribution in [-0.2, 0) is 28.2 Å². The average Bonchev–Trinajstić information content (AvgIpc) is 1.94. The lowest BCUT2D eigenvalue weighted by atomic mass is 10.1. The number of aromatic amines is 1. The van der Waals surface area contributed by atoms with Gasteiger partial charge in [-0.05, 0) is 76.2 Å². The minimum absolute atomic E-state index is 0.303. The highest BCUT2D eigenvalue weighted by Crippen LogP contribution is 2.33. The second-order valence-corrected chi connectivity index (χ2v) is 24.1. The number of aromatic nitrogens is 5. The highest BCUT2D eigenvalue weighted by molar-refractivity contribution is 6.31. The first-order valence-electron chi connectivity index (χ1n) is 30.6. The molecule has 90 heavy (non-hydrogen) atoms. The van der Waals surface area contributed by atoms with Crippen molar-refractivity contribution >= 4 is 95.5 Å². The lowest BCUT2D eigenvalue weighted by Crippen LogP contribution is -2.54. The highest BCUT2D eigenvalue weighted by Gasteiger charge is 2.27. The number of nitrogens with zero attached hydrogens (tertiary/aromatic N) is 9. The van der Waals surface area contributed by atoms with Crippen LogP contribution < -0.4 is 79.9 Å². The maximum Gasteiger partial charge on any atom is 0.419 e. The highest BCUT2D eigenvalue weighted by atomic mass is 35.5. The van der Waals surface area contributed by atoms with Crippen molar-refractivity contribution in [3.05, 3.63) is 142 Å². The van der Waals surface area contributed by atoms with Crippen molar-refractivity contribution in [2.24, 2.45) is 28.2 Å². The molecule has 5 aliphatic rings. The molecule has 0 unspecified atom stereocenters. The second kappa shape index (κ2) is 27.3. The Morgan fingerprint density at radius 3 is 1.19 bits per heavy atom. The molecule has 15 rings (SSSR count). The Balaban J connectivity index is 0.000000116. The van der Waals surface area contributed by atoms with Gasteiger partial charge in [0.1, 0.15) is 5.82 Å². The molecule has 5 aliphatic heterocycles. The third-order valence-electron chi connectivity index (χ3n) is 16.9. The lowest BCUT2D eigenvalue weighted by Gasteiger charge is -2.37. The zero-order valence-corrected chi connectivity index (χ0v) is 52.7. The number of anilines is 5. The Labute approximate surface area is 521 Å². The van der Waals surface area contributed by atoms with Gasteiger partial charge in [-0.15, -0.1) is 0 Å². The van der Waals surface area contributed by atoms with Crippen LogP contribution in [0.2, 0.25) is 5.02 Å². The molecule has 0 spiro atoms. The fraction of sp³-hybridized carbons (Fsp3) is 0.444. The van der Waals surface area contributed by atoms with E-state index in [1.54, 1.807) is 43.4 Å². The molecule has 27 heteroatoms. The first-order valence-corrected chi connectivity index (χ1v) is 30.9. The van der Waals surface area contributed by atoms with Gasteiger partial charge in [-0.3, -0.25) is 23.3 Å². The Kier molecular flexibility index (Phi) is 19.1. The van der Waals surface area contributed by atoms with Crippen LogP contribution in [-0.4, -0.2) is 152 Å². The molecule has 0 radical (unpaired) electrons. The third kappa shape index (κ3) is 13.6. The molecule has 0 bridgehead atoms. The maximum atomic E-state index is 13.6. The molecule has 5 saturated heterocycles. The minimum Gasteiger partial charge on any atom is -0.406 e. The standard InChI is InChI=1S/C14H19N3O2.C13H17N3O2.C12H14ClN3O2.C12H14FN3O2.C12H15N3O2/c1-9-7-17(8-10(2)15-9)12-6-4-5-11-13(12)19-14(18)16(11)3;1-8-6-16(7-9(2)14-8)11-5-3-4-10-12(11)18-13(17)15-10;2*1-15-9-6-8(13)7-10(11(9)18-12(15)17)16-4-2-14-3-5-16;1-14-9-3-2-4-10(11(9)17-12(14)16)15-7-5-13-6-8-15/h4-6,9-10,15H,7-8H2,1-3H3;3-5,8-9,14H,6-7H2,1-2H3,(H,15,17);2*6-7,14H,2-5H2,1H3;2-4,13H,5-8H2,1H3/t9-,10+;8-,9+;;;. The van der Waals surface area contributed by atoms with Crippen molar-refractivity contribution < 1.29 is 26.5 Å². The molecule has 25 nitrogen and oxygen atoms in total. The number of aryl methyl sites for hydroxylation is 4. The van der Waals surface area contributed by atoms with E-state index < -0.39 is 11.5 Å². The predicted molar refractivity (Wildman–Crippen MR) is 351 cm³/mol. The fourth-order valence-electron chi connectivity index (χ4n) is 12.6. The zero-order chi connectivity index (χ0) is 63.5. The predicted octanol–water partition coefficient (Wildman–Crippen LogP) is 5.04. The molecule has 0 amide bonds. The van der Waals surface area contributed by atoms with E-state index >= 15 is 0 Å². The fourth-order valence-corrected chi connectivity index (χ4v) is 12.8. The van der Waals surface area contributed by atoms with Crippen molar-refractivity contribution in [2.45, 2.75) is 51.9 Å². The molecule has 5 aromatic heterocycles. The van der Waals surface area contributed by atoms with Crippen LogP contribution in [0.4, 0.5) is 32.8 Å². The summed E-state index contributed by atoms with van der Waals surface area (Å²) in [6.07, 6.45) is 0. The van der Waals surface area contributed by atoms with Gasteiger partial charge in [0.05, 0.1) is 56.0 Å². The number of piperazine rings is 5. The summed E-state index contributed by atoms with van der Waals surface area (Å²) in [4.78, 5) is 71.4. The van der Waals surface area contributed by atoms with Gasteiger partial charge < -0.3 is 73.2 Å². The van der Waals surface area contributed by atoms with Gasteiger partial charge in [0, 0.05) is 174 Å². The van der Waals surface area contributed by atoms with E-state index in [-0.39, 0.29) is 23.1 Å². The number of para-hydroxylation sites is 3. The van der Waals surface area contributed by atoms with E-state index in [1.807, 2.05) is 65.6 Å². The molecule has 480 valence electrons. The lowest BCUT2D eigenvalue weighted by molar-refractivity contribution is 0.406. The van der Waals surface area contributed by atoms with E-state index in [2.05, 4.69) is 78.9 Å². The van der Waals surface area contributed by atoms with Crippen molar-refractivity contribution in [3.63, 3.8) is 0 Å². The summed E-state index contributed by atoms with van der Waals surface area (Å²) in [6.45, 7) is 23.0. The maximum absolute atomic E-state index is 13.6. The number of oxazole rings is 5. The molecule has 4 atom stereocenters. The van der Waals surface area contributed by atoms with E-state index in [0.717, 1.165) is 150 Å². The molecule has 0 saturated carbocycles. The van der Waals surface area contributed by atoms with Gasteiger partial charge in [-0.1, -0.05) is 29.8 Å². The number of hydrogen-bond acceptors (Lipinski definition) is 20. The van der Waals surface area contributed by atoms with Gasteiger partial charge in [0.15, 0.2) is 27.9 Å². The Hall–Kier alpha value is -8.53. The number of hydrogen-bond donors (Lipinski definition) is 6. The second-order valence-electron chi connectivity index (χ2n) is 23.6. The quantitative estimate of drug-likeness (QED) is 0.132. The molecular weight excluding hydrogens is 1180 g/mol. The number of nitrogens with one attached hydrogen (secondary N) is 6. The molecule has 5 fully saturated rings. The normalized spacial score (nSPS) is 19.7. The summed E-state index contributed by atoms with van der Waals surface area (Å²) in [5.74, 6) is -2.18. The Morgan fingerprint density at radius 1 is 0.411 bits per heavy atom. The smallest absolute Gasteiger partial charge is 0.406 e. The van der Waals surface area contributed by atoms with Gasteiger partial charge in [-0.2, -0.15) is 0 Å². The van der Waals surface area contributed by atoms with Gasteiger partial charge in [0.2, 0.25) is 0 Å². The van der Waals surface area contributed by atoms with Gasteiger partial charge in [0.25, 0.3) is 0 Å². The molecular formula is C63H79ClFN15O10. The van der Waals surface area contributed by atoms with E-state index in [0.29, 0.717) is 68.3 Å². The van der Waals surface area contributed by atoms with Crippen LogP contribution in [0.15, 0.2) is 125 Å². The minimum atomic E-state index is -0.466. The summed E-state index contributed by atoms with van der Waals surface area (Å²) in [7, 11) is 6.73. The zero-order valence-electron chi connectivity index (χ0n) is 52.0. The largest absolute Gasteiger partial charge is 0.419 e. The molecule has 0 aliphatic carbocycles. The molecule has 6 N–H and O–H groups in total. The summed E-state index contributed by atoms with van der Waals surface area (Å²) in [5, 5.41) is 17.4.